The summed E-state index contributed by atoms with van der Waals surface area (Å²) in [5.74, 6) is -4.88. The molecule has 1 atom stereocenters. The number of aliphatic hydroxyl groups is 1. The van der Waals surface area contributed by atoms with Crippen LogP contribution in [0.15, 0.2) is 0 Å². The Hall–Kier alpha value is 0.640. The molecule has 102 valence electrons. The molecule has 6 N–H and O–H groups in total. The Balaban J connectivity index is -0.0000000853. The summed E-state index contributed by atoms with van der Waals surface area (Å²) in [6.07, 6.45) is -2.36. The summed E-state index contributed by atoms with van der Waals surface area (Å²) < 4.78 is 0. The number of amides is 2. The van der Waals surface area contributed by atoms with E-state index in [0.29, 0.717) is 0 Å². The van der Waals surface area contributed by atoms with E-state index in [-0.39, 0.29) is 93.0 Å². The number of carbonyl (C=O) groups is 4. The fourth-order valence-electron chi connectivity index (χ4n) is 0.846. The van der Waals surface area contributed by atoms with Crippen molar-refractivity contribution in [3.63, 3.8) is 0 Å². The number of hydrogen-bond acceptors (Lipinski definition) is 6. The number of hydroxylamine groups is 1. The third-order valence-electron chi connectivity index (χ3n) is 1.54. The summed E-state index contributed by atoms with van der Waals surface area (Å²) in [6.45, 7) is 0. The first kappa shape index (κ1) is 28.8. The van der Waals surface area contributed by atoms with Crippen LogP contribution in [0.2, 0.25) is 0 Å². The molecule has 1 unspecified atom stereocenters. The summed E-state index contributed by atoms with van der Waals surface area (Å²) in [5, 5.41) is 26.3. The van der Waals surface area contributed by atoms with Gasteiger partial charge in [0.2, 0.25) is 0 Å². The molecule has 0 aliphatic rings. The molecular weight excluding hydrogens is 309 g/mol. The molecule has 0 fully saturated rings. The maximum Gasteiger partial charge on any atom is 1.00 e. The molecule has 13 heteroatoms. The predicted molar refractivity (Wildman–Crippen MR) is 51.6 cm³/mol. The minimum absolute atomic E-state index is 0. The zero-order valence-corrected chi connectivity index (χ0v) is 17.4. The molecule has 0 radical (unpaired) electrons. The summed E-state index contributed by atoms with van der Waals surface area (Å²) in [7, 11) is 0. The minimum Gasteiger partial charge on any atom is -1.00 e. The SMILES string of the molecule is NC(=O)NOC(=O)CC(O)(CC(=O)O)C(=O)O.[H-].[H-].[H-].[Na+].[Na+].[Na+]. The molecule has 20 heavy (non-hydrogen) atoms. The number of hydrogen-bond donors (Lipinski definition) is 5. The van der Waals surface area contributed by atoms with Crippen molar-refractivity contribution in [1.82, 2.24) is 5.48 Å². The molecule has 0 aromatic rings. The van der Waals surface area contributed by atoms with Crippen LogP contribution in [-0.4, -0.2) is 44.9 Å². The quantitative estimate of drug-likeness (QED) is 0.245. The number of carboxylic acid groups (broad SMARTS) is 2. The van der Waals surface area contributed by atoms with E-state index in [1.165, 1.54) is 5.48 Å². The number of carbonyl (C=O) groups excluding carboxylic acids is 2. The summed E-state index contributed by atoms with van der Waals surface area (Å²) >= 11 is 0. The van der Waals surface area contributed by atoms with Crippen molar-refractivity contribution in [1.29, 1.82) is 0 Å². The second-order valence-electron chi connectivity index (χ2n) is 3.02. The molecule has 0 bridgehead atoms. The van der Waals surface area contributed by atoms with E-state index in [1.807, 2.05) is 0 Å². The van der Waals surface area contributed by atoms with Crippen molar-refractivity contribution in [2.75, 3.05) is 0 Å². The molecule has 0 rings (SSSR count). The van der Waals surface area contributed by atoms with Gasteiger partial charge in [-0.1, -0.05) is 0 Å². The Bertz CT molecular complexity index is 379. The van der Waals surface area contributed by atoms with Gasteiger partial charge in [0.25, 0.3) is 0 Å². The van der Waals surface area contributed by atoms with Gasteiger partial charge in [-0.3, -0.25) is 4.79 Å². The van der Waals surface area contributed by atoms with Crippen molar-refractivity contribution in [2.45, 2.75) is 18.4 Å². The van der Waals surface area contributed by atoms with Crippen molar-refractivity contribution >= 4 is 23.9 Å². The van der Waals surface area contributed by atoms with Gasteiger partial charge in [0, 0.05) is 0 Å². The van der Waals surface area contributed by atoms with Gasteiger partial charge in [-0.25, -0.2) is 14.4 Å². The molecule has 0 aromatic carbocycles. The molecule has 10 nitrogen and oxygen atoms in total. The van der Waals surface area contributed by atoms with E-state index in [2.05, 4.69) is 10.6 Å². The van der Waals surface area contributed by atoms with Gasteiger partial charge in [0.15, 0.2) is 5.60 Å². The van der Waals surface area contributed by atoms with Crippen LogP contribution >= 0.6 is 0 Å². The Morgan fingerprint density at radius 1 is 1.10 bits per heavy atom. The van der Waals surface area contributed by atoms with E-state index in [0.717, 1.165) is 0 Å². The van der Waals surface area contributed by atoms with Crippen LogP contribution in [0, 0.1) is 0 Å². The molecule has 0 aromatic heterocycles. The number of rotatable bonds is 5. The fourth-order valence-corrected chi connectivity index (χ4v) is 0.846. The maximum atomic E-state index is 10.9. The topological polar surface area (TPSA) is 176 Å². The Labute approximate surface area is 184 Å². The number of carboxylic acids is 2. The van der Waals surface area contributed by atoms with Crippen LogP contribution in [0.1, 0.15) is 17.1 Å². The van der Waals surface area contributed by atoms with E-state index in [9.17, 15) is 24.3 Å². The third-order valence-corrected chi connectivity index (χ3v) is 1.54. The van der Waals surface area contributed by atoms with Crippen LogP contribution in [0.5, 0.6) is 0 Å². The molecule has 0 spiro atoms. The summed E-state index contributed by atoms with van der Waals surface area (Å²) in [4.78, 5) is 45.9. The number of urea groups is 1. The van der Waals surface area contributed by atoms with Gasteiger partial charge >= 0.3 is 113 Å². The second-order valence-corrected chi connectivity index (χ2v) is 3.02. The Morgan fingerprint density at radius 3 is 1.85 bits per heavy atom. The number of nitrogens with one attached hydrogen (secondary N) is 1. The minimum atomic E-state index is -2.82. The van der Waals surface area contributed by atoms with Crippen LogP contribution in [-0.2, 0) is 19.2 Å². The van der Waals surface area contributed by atoms with Crippen molar-refractivity contribution in [2.24, 2.45) is 5.73 Å². The first-order chi connectivity index (χ1) is 7.67. The first-order valence-corrected chi connectivity index (χ1v) is 4.10. The van der Waals surface area contributed by atoms with Crippen molar-refractivity contribution in [3.05, 3.63) is 0 Å². The number of primary amides is 1. The predicted octanol–water partition coefficient (Wildman–Crippen LogP) is -10.9. The van der Waals surface area contributed by atoms with E-state index in [4.69, 9.17) is 10.2 Å². The van der Waals surface area contributed by atoms with Gasteiger partial charge in [-0.15, -0.1) is 0 Å². The average molecular weight is 322 g/mol. The molecule has 0 saturated carbocycles. The van der Waals surface area contributed by atoms with Crippen molar-refractivity contribution in [3.8, 4) is 0 Å². The largest absolute Gasteiger partial charge is 1.00 e. The van der Waals surface area contributed by atoms with Crippen LogP contribution in [0.4, 0.5) is 4.79 Å². The maximum absolute atomic E-state index is 10.9. The molecule has 2 amide bonds. The van der Waals surface area contributed by atoms with Gasteiger partial charge in [-0.05, 0) is 0 Å². The zero-order chi connectivity index (χ0) is 13.6. The normalized spacial score (nSPS) is 11.2. The molecule has 0 saturated heterocycles. The molecule has 0 heterocycles. The standard InChI is InChI=1S/C7H10N2O8.3Na.3H/c8-6(15)9-17-4(12)2-7(16,5(13)14)1-3(10)11;;;;;;/h16H,1-2H2,(H,10,11)(H,13,14)(H3,8,9,15);;;;;;/q;3*+1;3*-1. The van der Waals surface area contributed by atoms with Gasteiger partial charge in [0.05, 0.1) is 12.8 Å². The van der Waals surface area contributed by atoms with Gasteiger partial charge < -0.3 is 30.2 Å². The van der Waals surface area contributed by atoms with E-state index < -0.39 is 42.4 Å². The Kier molecular flexibility index (Phi) is 19.1. The van der Waals surface area contributed by atoms with Crippen LogP contribution in [0.3, 0.4) is 0 Å². The van der Waals surface area contributed by atoms with E-state index in [1.54, 1.807) is 0 Å². The van der Waals surface area contributed by atoms with Crippen LogP contribution in [0.25, 0.3) is 0 Å². The average Bonchev–Trinajstić information content (AvgIpc) is 2.12. The Morgan fingerprint density at radius 2 is 1.55 bits per heavy atom. The van der Waals surface area contributed by atoms with Gasteiger partial charge in [0.1, 0.15) is 0 Å². The number of nitrogens with two attached hydrogens (primary N) is 1. The molecule has 0 aliphatic carbocycles. The zero-order valence-electron chi connectivity index (χ0n) is 14.4. The van der Waals surface area contributed by atoms with Gasteiger partial charge in [-0.2, -0.15) is 5.48 Å². The van der Waals surface area contributed by atoms with E-state index >= 15 is 0 Å². The molecular formula is C7H13N2Na3O8. The third kappa shape index (κ3) is 12.4. The molecule has 0 aliphatic heterocycles. The summed E-state index contributed by atoms with van der Waals surface area (Å²) in [6, 6.07) is -1.21. The van der Waals surface area contributed by atoms with Crippen molar-refractivity contribution < 1.29 is 132 Å². The summed E-state index contributed by atoms with van der Waals surface area (Å²) in [5.41, 5.74) is 3.13. The second kappa shape index (κ2) is 13.3. The monoisotopic (exact) mass is 322 g/mol. The fraction of sp³-hybridized carbons (Fsp3) is 0.429. The first-order valence-electron chi connectivity index (χ1n) is 4.10. The number of aliphatic carboxylic acids is 2. The smallest absolute Gasteiger partial charge is 1.00 e. The van der Waals surface area contributed by atoms with Crippen LogP contribution < -0.4 is 99.9 Å².